The number of nitrogens with one attached hydrogen (secondary N) is 1. The van der Waals surface area contributed by atoms with Crippen molar-refractivity contribution in [3.8, 4) is 11.5 Å². The summed E-state index contributed by atoms with van der Waals surface area (Å²) >= 11 is 3.31. The molecule has 0 aliphatic heterocycles. The zero-order valence-electron chi connectivity index (χ0n) is 15.8. The molecule has 0 spiro atoms. The molecule has 9 heteroatoms. The maximum absolute atomic E-state index is 12.3. The number of nitrogens with zero attached hydrogens (tertiary/aromatic N) is 1. The average Bonchev–Trinajstić information content (AvgIpc) is 2.75. The van der Waals surface area contributed by atoms with Crippen molar-refractivity contribution >= 4 is 38.1 Å². The first-order chi connectivity index (χ1) is 14.4. The van der Waals surface area contributed by atoms with Gasteiger partial charge in [0.2, 0.25) is 0 Å². The molecular weight excluding hydrogens is 472 g/mol. The van der Waals surface area contributed by atoms with E-state index in [1.807, 2.05) is 0 Å². The van der Waals surface area contributed by atoms with Crippen LogP contribution in [0.4, 0.5) is 0 Å². The SMILES string of the molecule is COc1cc(C=NNS(=O)(=O)c2ccccc2)ccc1OC(=O)c1cccc(Br)c1. The van der Waals surface area contributed by atoms with E-state index < -0.39 is 16.0 Å². The predicted molar refractivity (Wildman–Crippen MR) is 116 cm³/mol. The fourth-order valence-electron chi connectivity index (χ4n) is 2.45. The Kier molecular flexibility index (Phi) is 6.86. The Morgan fingerprint density at radius 2 is 1.77 bits per heavy atom. The van der Waals surface area contributed by atoms with Gasteiger partial charge in [0, 0.05) is 4.47 Å². The van der Waals surface area contributed by atoms with Crippen molar-refractivity contribution in [3.63, 3.8) is 0 Å². The third-order valence-corrected chi connectivity index (χ3v) is 5.62. The van der Waals surface area contributed by atoms with E-state index in [1.165, 1.54) is 25.5 Å². The molecule has 0 radical (unpaired) electrons. The van der Waals surface area contributed by atoms with E-state index in [0.29, 0.717) is 16.9 Å². The van der Waals surface area contributed by atoms with Gasteiger partial charge in [-0.3, -0.25) is 0 Å². The Hall–Kier alpha value is -3.17. The fourth-order valence-corrected chi connectivity index (χ4v) is 3.66. The molecule has 0 fully saturated rings. The minimum atomic E-state index is -3.76. The van der Waals surface area contributed by atoms with Gasteiger partial charge in [-0.05, 0) is 54.1 Å². The Balaban J connectivity index is 1.72. The van der Waals surface area contributed by atoms with Crippen molar-refractivity contribution in [3.05, 3.63) is 88.4 Å². The molecule has 0 atom stereocenters. The van der Waals surface area contributed by atoms with E-state index in [2.05, 4.69) is 25.9 Å². The molecule has 3 rings (SSSR count). The quantitative estimate of drug-likeness (QED) is 0.235. The van der Waals surface area contributed by atoms with Gasteiger partial charge >= 0.3 is 5.97 Å². The monoisotopic (exact) mass is 488 g/mol. The number of rotatable bonds is 7. The molecule has 3 aromatic carbocycles. The summed E-state index contributed by atoms with van der Waals surface area (Å²) in [7, 11) is -2.32. The predicted octanol–water partition coefficient (Wildman–Crippen LogP) is 3.99. The maximum Gasteiger partial charge on any atom is 0.343 e. The van der Waals surface area contributed by atoms with Crippen LogP contribution in [0.5, 0.6) is 11.5 Å². The van der Waals surface area contributed by atoms with E-state index in [4.69, 9.17) is 9.47 Å². The lowest BCUT2D eigenvalue weighted by molar-refractivity contribution is 0.0729. The highest BCUT2D eigenvalue weighted by Gasteiger charge is 2.14. The molecule has 0 heterocycles. The van der Waals surface area contributed by atoms with Crippen molar-refractivity contribution in [2.75, 3.05) is 7.11 Å². The van der Waals surface area contributed by atoms with E-state index in [1.54, 1.807) is 60.7 Å². The first-order valence-electron chi connectivity index (χ1n) is 8.65. The van der Waals surface area contributed by atoms with Crippen LogP contribution in [-0.2, 0) is 10.0 Å². The molecule has 0 aliphatic rings. The van der Waals surface area contributed by atoms with E-state index >= 15 is 0 Å². The van der Waals surface area contributed by atoms with Crippen LogP contribution < -0.4 is 14.3 Å². The van der Waals surface area contributed by atoms with Crippen molar-refractivity contribution < 1.29 is 22.7 Å². The minimum absolute atomic E-state index is 0.106. The van der Waals surface area contributed by atoms with Gasteiger partial charge < -0.3 is 9.47 Å². The number of methoxy groups -OCH3 is 1. The highest BCUT2D eigenvalue weighted by atomic mass is 79.9. The highest BCUT2D eigenvalue weighted by Crippen LogP contribution is 2.28. The highest BCUT2D eigenvalue weighted by molar-refractivity contribution is 9.10. The lowest BCUT2D eigenvalue weighted by atomic mass is 10.2. The van der Waals surface area contributed by atoms with Crippen LogP contribution in [0.3, 0.4) is 0 Å². The third-order valence-electron chi connectivity index (χ3n) is 3.89. The number of hydrazone groups is 1. The summed E-state index contributed by atoms with van der Waals surface area (Å²) in [6, 6.07) is 19.5. The van der Waals surface area contributed by atoms with Crippen LogP contribution in [0.15, 0.2) is 87.3 Å². The molecule has 0 unspecified atom stereocenters. The summed E-state index contributed by atoms with van der Waals surface area (Å²) in [6.45, 7) is 0. The summed E-state index contributed by atoms with van der Waals surface area (Å²) in [5.41, 5.74) is 0.928. The smallest absolute Gasteiger partial charge is 0.343 e. The van der Waals surface area contributed by atoms with Gasteiger partial charge in [-0.15, -0.1) is 0 Å². The molecule has 0 saturated carbocycles. The molecule has 0 saturated heterocycles. The van der Waals surface area contributed by atoms with Crippen LogP contribution in [-0.4, -0.2) is 27.7 Å². The second-order valence-electron chi connectivity index (χ2n) is 5.98. The number of halogens is 1. The van der Waals surface area contributed by atoms with Crippen LogP contribution in [0.25, 0.3) is 0 Å². The van der Waals surface area contributed by atoms with Gasteiger partial charge in [0.05, 0.1) is 23.8 Å². The van der Waals surface area contributed by atoms with Crippen molar-refractivity contribution in [1.82, 2.24) is 4.83 Å². The molecule has 0 bridgehead atoms. The number of carbonyl (C=O) groups excluding carboxylic acids is 1. The first-order valence-corrected chi connectivity index (χ1v) is 10.9. The lowest BCUT2D eigenvalue weighted by Crippen LogP contribution is -2.18. The second-order valence-corrected chi connectivity index (χ2v) is 8.55. The zero-order chi connectivity index (χ0) is 21.6. The Morgan fingerprint density at radius 3 is 2.47 bits per heavy atom. The van der Waals surface area contributed by atoms with E-state index in [-0.39, 0.29) is 10.6 Å². The summed E-state index contributed by atoms with van der Waals surface area (Å²) in [6.07, 6.45) is 1.32. The molecule has 0 aliphatic carbocycles. The summed E-state index contributed by atoms with van der Waals surface area (Å²) < 4.78 is 35.8. The molecule has 154 valence electrons. The van der Waals surface area contributed by atoms with Crippen LogP contribution in [0.2, 0.25) is 0 Å². The summed E-state index contributed by atoms with van der Waals surface area (Å²) in [5.74, 6) is -0.00987. The molecule has 30 heavy (non-hydrogen) atoms. The molecular formula is C21H17BrN2O5S. The molecule has 3 aromatic rings. The van der Waals surface area contributed by atoms with Crippen LogP contribution in [0.1, 0.15) is 15.9 Å². The van der Waals surface area contributed by atoms with Gasteiger partial charge in [-0.25, -0.2) is 9.63 Å². The molecule has 1 N–H and O–H groups in total. The number of benzene rings is 3. The fraction of sp³-hybridized carbons (Fsp3) is 0.0476. The first kappa shape index (κ1) is 21.5. The summed E-state index contributed by atoms with van der Waals surface area (Å²) in [5, 5.41) is 3.78. The number of esters is 1. The van der Waals surface area contributed by atoms with Gasteiger partial charge in [0.15, 0.2) is 11.5 Å². The Morgan fingerprint density at radius 1 is 1.00 bits per heavy atom. The Bertz CT molecular complexity index is 1180. The number of sulfonamides is 1. The van der Waals surface area contributed by atoms with Crippen molar-refractivity contribution in [2.24, 2.45) is 5.10 Å². The Labute approximate surface area is 182 Å². The van der Waals surface area contributed by atoms with Gasteiger partial charge in [0.1, 0.15) is 0 Å². The molecule has 0 aromatic heterocycles. The minimum Gasteiger partial charge on any atom is -0.493 e. The van der Waals surface area contributed by atoms with E-state index in [0.717, 1.165) is 4.47 Å². The molecule has 0 amide bonds. The number of ether oxygens (including phenoxy) is 2. The third kappa shape index (κ3) is 5.46. The zero-order valence-corrected chi connectivity index (χ0v) is 18.2. The topological polar surface area (TPSA) is 94.1 Å². The van der Waals surface area contributed by atoms with Gasteiger partial charge in [-0.1, -0.05) is 40.2 Å². The molecule has 7 nitrogen and oxygen atoms in total. The standard InChI is InChI=1S/C21H17BrN2O5S/c1-28-20-12-15(14-23-24-30(26,27)18-8-3-2-4-9-18)10-11-19(20)29-21(25)16-6-5-7-17(22)13-16/h2-14,24H,1H3. The van der Waals surface area contributed by atoms with Crippen LogP contribution in [0, 0.1) is 0 Å². The van der Waals surface area contributed by atoms with Crippen molar-refractivity contribution in [1.29, 1.82) is 0 Å². The maximum atomic E-state index is 12.3. The average molecular weight is 489 g/mol. The van der Waals surface area contributed by atoms with Gasteiger partial charge in [-0.2, -0.15) is 13.5 Å². The second kappa shape index (κ2) is 9.55. The lowest BCUT2D eigenvalue weighted by Gasteiger charge is -2.10. The van der Waals surface area contributed by atoms with Gasteiger partial charge in [0.25, 0.3) is 10.0 Å². The number of carbonyl (C=O) groups is 1. The number of hydrogen-bond donors (Lipinski definition) is 1. The largest absolute Gasteiger partial charge is 0.493 e. The summed E-state index contributed by atoms with van der Waals surface area (Å²) in [4.78, 5) is 14.6. The normalized spacial score (nSPS) is 11.3. The van der Waals surface area contributed by atoms with Crippen LogP contribution >= 0.6 is 15.9 Å². The van der Waals surface area contributed by atoms with Crippen molar-refractivity contribution in [2.45, 2.75) is 4.90 Å². The van der Waals surface area contributed by atoms with E-state index in [9.17, 15) is 13.2 Å². The number of hydrogen-bond acceptors (Lipinski definition) is 6.